The number of carbonyl (C=O) groups excluding carboxylic acids is 1. The number of aliphatic hydroxyl groups excluding tert-OH is 1. The molecule has 0 saturated heterocycles. The van der Waals surface area contributed by atoms with Crippen LogP contribution in [0.5, 0.6) is 0 Å². The fraction of sp³-hybridized carbons (Fsp3) is 0.809. The van der Waals surface area contributed by atoms with Crippen LogP contribution in [0.4, 0.5) is 0 Å². The van der Waals surface area contributed by atoms with Crippen molar-refractivity contribution in [3.05, 3.63) is 72.9 Å². The minimum Gasteiger partial charge on any atom is -0.387 e. The van der Waals surface area contributed by atoms with Crippen LogP contribution >= 0.6 is 7.82 Å². The van der Waals surface area contributed by atoms with E-state index in [1.165, 1.54) is 212 Å². The van der Waals surface area contributed by atoms with Gasteiger partial charge in [-0.1, -0.05) is 305 Å². The molecule has 0 bridgehead atoms. The zero-order chi connectivity index (χ0) is 56.3. The van der Waals surface area contributed by atoms with Crippen molar-refractivity contribution in [1.29, 1.82) is 0 Å². The van der Waals surface area contributed by atoms with E-state index >= 15 is 0 Å². The Bertz CT molecular complexity index is 1480. The van der Waals surface area contributed by atoms with Crippen LogP contribution in [0.25, 0.3) is 0 Å². The van der Waals surface area contributed by atoms with E-state index in [-0.39, 0.29) is 19.1 Å². The Morgan fingerprint density at radius 3 is 1.14 bits per heavy atom. The number of rotatable bonds is 60. The van der Waals surface area contributed by atoms with E-state index in [9.17, 15) is 19.4 Å². The molecule has 8 nitrogen and oxygen atoms in total. The number of amides is 1. The molecule has 0 heterocycles. The normalized spacial score (nSPS) is 14.2. The van der Waals surface area contributed by atoms with Crippen molar-refractivity contribution in [3.8, 4) is 0 Å². The lowest BCUT2D eigenvalue weighted by Gasteiger charge is -2.25. The molecule has 0 spiro atoms. The van der Waals surface area contributed by atoms with Gasteiger partial charge in [0.1, 0.15) is 13.2 Å². The van der Waals surface area contributed by atoms with Crippen LogP contribution in [0.15, 0.2) is 72.9 Å². The Balaban J connectivity index is 4.13. The maximum absolute atomic E-state index is 13.0. The molecular formula is C68H128N2O6P+. The standard InChI is InChI=1S/C68H127N2O6P/c1-6-8-10-12-14-16-18-20-22-24-26-28-30-32-34-35-36-38-40-42-44-46-48-50-52-54-56-58-60-62-68(72)69-66(65-76-77(73,74)75-64-63-70(3,4)5)67(71)61-59-57-55-53-51-49-47-45-43-41-39-37-33-31-29-27-25-23-21-19-17-15-13-11-9-7-2/h8,10,14,16,20,22,26,28,32,34,59,61,66-67,71H,6-7,9,11-13,15,17-19,21,23-25,27,29-31,33,35-58,60,62-65H2,1-5H3,(H-,69,72,73,74)/p+1/b10-8-,16-14-,22-20-,28-26-,34-32-,61-59+. The van der Waals surface area contributed by atoms with Crippen LogP contribution in [-0.2, 0) is 18.4 Å². The highest BCUT2D eigenvalue weighted by atomic mass is 31.2. The van der Waals surface area contributed by atoms with Gasteiger partial charge in [-0.05, 0) is 64.2 Å². The molecule has 0 radical (unpaired) electrons. The lowest BCUT2D eigenvalue weighted by Crippen LogP contribution is -2.45. The molecule has 0 fully saturated rings. The van der Waals surface area contributed by atoms with Gasteiger partial charge < -0.3 is 19.8 Å². The molecule has 3 atom stereocenters. The van der Waals surface area contributed by atoms with Crippen molar-refractivity contribution in [2.24, 2.45) is 0 Å². The fourth-order valence-corrected chi connectivity index (χ4v) is 10.3. The number of phosphoric acid groups is 1. The number of quaternary nitrogens is 1. The summed E-state index contributed by atoms with van der Waals surface area (Å²) in [4.78, 5) is 23.4. The third-order valence-electron chi connectivity index (χ3n) is 14.7. The summed E-state index contributed by atoms with van der Waals surface area (Å²) >= 11 is 0. The average molecular weight is 1100 g/mol. The van der Waals surface area contributed by atoms with Crippen LogP contribution in [0, 0.1) is 0 Å². The first kappa shape index (κ1) is 74.9. The lowest BCUT2D eigenvalue weighted by molar-refractivity contribution is -0.870. The van der Waals surface area contributed by atoms with Crippen LogP contribution in [-0.4, -0.2) is 73.4 Å². The van der Waals surface area contributed by atoms with Gasteiger partial charge in [0.15, 0.2) is 0 Å². The molecule has 3 N–H and O–H groups in total. The molecule has 0 aromatic rings. The van der Waals surface area contributed by atoms with E-state index in [1.807, 2.05) is 27.2 Å². The van der Waals surface area contributed by atoms with E-state index in [0.717, 1.165) is 70.6 Å². The predicted molar refractivity (Wildman–Crippen MR) is 337 cm³/mol. The SMILES string of the molecule is CC/C=C\C/C=C\C/C=C\C/C=C\C/C=C\CCCCCCCCCCCCCCCC(=O)NC(COP(=O)(O)OCC[N+](C)(C)C)C(O)/C=C/CCCCCCCCCCCCCCCCCCCCCCCCCC. The fourth-order valence-electron chi connectivity index (χ4n) is 9.60. The molecule has 0 aromatic carbocycles. The third kappa shape index (κ3) is 61.4. The number of aliphatic hydroxyl groups is 1. The van der Waals surface area contributed by atoms with Crippen LogP contribution in [0.1, 0.15) is 303 Å². The van der Waals surface area contributed by atoms with Crippen molar-refractivity contribution in [2.75, 3.05) is 40.9 Å². The minimum atomic E-state index is -4.36. The van der Waals surface area contributed by atoms with Crippen LogP contribution < -0.4 is 5.32 Å². The monoisotopic (exact) mass is 1100 g/mol. The molecule has 9 heteroatoms. The van der Waals surface area contributed by atoms with Crippen molar-refractivity contribution >= 4 is 13.7 Å². The Labute approximate surface area is 478 Å². The summed E-state index contributed by atoms with van der Waals surface area (Å²) in [7, 11) is 1.57. The Kier molecular flexibility index (Phi) is 57.0. The number of nitrogens with one attached hydrogen (secondary N) is 1. The quantitative estimate of drug-likeness (QED) is 0.0243. The zero-order valence-corrected chi connectivity index (χ0v) is 52.3. The summed E-state index contributed by atoms with van der Waals surface area (Å²) in [5, 5.41) is 14.0. The molecular weight excluding hydrogens is 972 g/mol. The highest BCUT2D eigenvalue weighted by Crippen LogP contribution is 2.43. The van der Waals surface area contributed by atoms with Gasteiger partial charge >= 0.3 is 7.82 Å². The topological polar surface area (TPSA) is 105 Å². The second-order valence-electron chi connectivity index (χ2n) is 23.5. The first-order valence-corrected chi connectivity index (χ1v) is 34.3. The number of hydrogen-bond acceptors (Lipinski definition) is 5. The maximum atomic E-state index is 13.0. The molecule has 1 amide bonds. The molecule has 0 aromatic heterocycles. The summed E-state index contributed by atoms with van der Waals surface area (Å²) in [6.45, 7) is 4.74. The van der Waals surface area contributed by atoms with Gasteiger partial charge in [0.25, 0.3) is 0 Å². The third-order valence-corrected chi connectivity index (χ3v) is 15.7. The zero-order valence-electron chi connectivity index (χ0n) is 51.4. The molecule has 0 aliphatic rings. The summed E-state index contributed by atoms with van der Waals surface area (Å²) in [6, 6.07) is -0.852. The summed E-state index contributed by atoms with van der Waals surface area (Å²) in [5.41, 5.74) is 0. The smallest absolute Gasteiger partial charge is 0.387 e. The molecule has 0 aliphatic carbocycles. The molecule has 3 unspecified atom stereocenters. The summed E-state index contributed by atoms with van der Waals surface area (Å²) < 4.78 is 23.8. The van der Waals surface area contributed by atoms with E-state index < -0.39 is 20.0 Å². The molecule has 0 rings (SSSR count). The van der Waals surface area contributed by atoms with Gasteiger partial charge in [0.2, 0.25) is 5.91 Å². The van der Waals surface area contributed by atoms with Gasteiger partial charge in [-0.3, -0.25) is 13.8 Å². The molecule has 0 saturated carbocycles. The minimum absolute atomic E-state index is 0.0598. The van der Waals surface area contributed by atoms with Gasteiger partial charge in [-0.15, -0.1) is 0 Å². The van der Waals surface area contributed by atoms with Crippen molar-refractivity contribution in [3.63, 3.8) is 0 Å². The number of allylic oxidation sites excluding steroid dienone is 11. The first-order valence-electron chi connectivity index (χ1n) is 32.8. The number of carbonyl (C=O) groups is 1. The molecule has 450 valence electrons. The first-order chi connectivity index (χ1) is 37.5. The Hall–Kier alpha value is -2.06. The molecule has 0 aliphatic heterocycles. The van der Waals surface area contributed by atoms with Crippen molar-refractivity contribution < 1.29 is 32.9 Å². The second kappa shape index (κ2) is 58.6. The Morgan fingerprint density at radius 2 is 0.779 bits per heavy atom. The van der Waals surface area contributed by atoms with Crippen LogP contribution in [0.3, 0.4) is 0 Å². The number of nitrogens with zero attached hydrogens (tertiary/aromatic N) is 1. The lowest BCUT2D eigenvalue weighted by atomic mass is 10.0. The van der Waals surface area contributed by atoms with Crippen LogP contribution in [0.2, 0.25) is 0 Å². The van der Waals surface area contributed by atoms with Gasteiger partial charge in [0.05, 0.1) is 39.9 Å². The van der Waals surface area contributed by atoms with Gasteiger partial charge in [-0.2, -0.15) is 0 Å². The number of likely N-dealkylation sites (N-methyl/N-ethyl adjacent to an activating group) is 1. The number of hydrogen-bond donors (Lipinski definition) is 3. The van der Waals surface area contributed by atoms with Crippen molar-refractivity contribution in [1.82, 2.24) is 5.32 Å². The Morgan fingerprint density at radius 1 is 0.455 bits per heavy atom. The van der Waals surface area contributed by atoms with E-state index in [2.05, 4.69) is 79.9 Å². The van der Waals surface area contributed by atoms with Gasteiger partial charge in [0, 0.05) is 6.42 Å². The number of phosphoric ester groups is 1. The number of unbranched alkanes of at least 4 members (excludes halogenated alkanes) is 37. The largest absolute Gasteiger partial charge is 0.472 e. The summed E-state index contributed by atoms with van der Waals surface area (Å²) in [6.07, 6.45) is 81.7. The highest BCUT2D eigenvalue weighted by molar-refractivity contribution is 7.47. The van der Waals surface area contributed by atoms with Gasteiger partial charge in [-0.25, -0.2) is 4.57 Å². The highest BCUT2D eigenvalue weighted by Gasteiger charge is 2.28. The van der Waals surface area contributed by atoms with Crippen molar-refractivity contribution in [2.45, 2.75) is 315 Å². The molecule has 77 heavy (non-hydrogen) atoms. The predicted octanol–water partition coefficient (Wildman–Crippen LogP) is 20.6. The summed E-state index contributed by atoms with van der Waals surface area (Å²) in [5.74, 6) is -0.177. The maximum Gasteiger partial charge on any atom is 0.472 e. The average Bonchev–Trinajstić information content (AvgIpc) is 3.39. The van der Waals surface area contributed by atoms with E-state index in [0.29, 0.717) is 17.4 Å². The van der Waals surface area contributed by atoms with E-state index in [4.69, 9.17) is 9.05 Å². The van der Waals surface area contributed by atoms with E-state index in [1.54, 1.807) is 6.08 Å². The second-order valence-corrected chi connectivity index (χ2v) is 24.9.